The minimum Gasteiger partial charge on any atom is -0.342 e. The number of fused-ring (bicyclic) bond motifs is 1. The Hall–Kier alpha value is -2.18. The minimum absolute atomic E-state index is 0.0731. The number of para-hydroxylation sites is 2. The van der Waals surface area contributed by atoms with Crippen molar-refractivity contribution < 1.29 is 8.42 Å². The van der Waals surface area contributed by atoms with Gasteiger partial charge in [-0.05, 0) is 42.7 Å². The summed E-state index contributed by atoms with van der Waals surface area (Å²) in [6.07, 6.45) is 5.92. The number of hydrogen-bond donors (Lipinski definition) is 2. The van der Waals surface area contributed by atoms with Crippen LogP contribution in [-0.4, -0.2) is 24.4 Å². The van der Waals surface area contributed by atoms with Crippen LogP contribution >= 0.6 is 0 Å². The van der Waals surface area contributed by atoms with Gasteiger partial charge in [0.2, 0.25) is 10.0 Å². The molecule has 1 aromatic heterocycles. The highest BCUT2D eigenvalue weighted by atomic mass is 32.2. The van der Waals surface area contributed by atoms with Crippen LogP contribution in [0.3, 0.4) is 0 Å². The Kier molecular flexibility index (Phi) is 4.78. The number of H-pyrrole nitrogens is 1. The fourth-order valence-electron chi connectivity index (χ4n) is 3.58. The molecule has 4 rings (SSSR count). The van der Waals surface area contributed by atoms with Crippen molar-refractivity contribution >= 4 is 21.1 Å². The molecule has 3 aromatic rings. The van der Waals surface area contributed by atoms with Gasteiger partial charge in [-0.1, -0.05) is 43.5 Å². The van der Waals surface area contributed by atoms with Crippen LogP contribution in [0.15, 0.2) is 53.4 Å². The Labute approximate surface area is 153 Å². The van der Waals surface area contributed by atoms with E-state index in [4.69, 9.17) is 0 Å². The van der Waals surface area contributed by atoms with E-state index >= 15 is 0 Å². The van der Waals surface area contributed by atoms with Crippen molar-refractivity contribution in [3.63, 3.8) is 0 Å². The van der Waals surface area contributed by atoms with Crippen LogP contribution in [0.4, 0.5) is 0 Å². The molecule has 0 bridgehead atoms. The topological polar surface area (TPSA) is 74.8 Å². The number of benzene rings is 2. The van der Waals surface area contributed by atoms with E-state index in [0.29, 0.717) is 11.3 Å². The lowest BCUT2D eigenvalue weighted by Crippen LogP contribution is -2.36. The second-order valence-electron chi connectivity index (χ2n) is 6.98. The van der Waals surface area contributed by atoms with Gasteiger partial charge in [0, 0.05) is 12.5 Å². The lowest BCUT2D eigenvalue weighted by atomic mass is 9.96. The van der Waals surface area contributed by atoms with E-state index in [2.05, 4.69) is 14.7 Å². The van der Waals surface area contributed by atoms with E-state index in [-0.39, 0.29) is 6.04 Å². The Bertz CT molecular complexity index is 954. The van der Waals surface area contributed by atoms with Gasteiger partial charge in [-0.3, -0.25) is 0 Å². The predicted octanol–water partition coefficient (Wildman–Crippen LogP) is 3.76. The van der Waals surface area contributed by atoms with Crippen LogP contribution in [0, 0.1) is 0 Å². The third kappa shape index (κ3) is 3.81. The van der Waals surface area contributed by atoms with Crippen LogP contribution in [0.2, 0.25) is 0 Å². The van der Waals surface area contributed by atoms with E-state index in [0.717, 1.165) is 48.1 Å². The van der Waals surface area contributed by atoms with Gasteiger partial charge in [0.15, 0.2) is 0 Å². The van der Waals surface area contributed by atoms with Crippen molar-refractivity contribution in [1.29, 1.82) is 0 Å². The van der Waals surface area contributed by atoms with Gasteiger partial charge in [-0.25, -0.2) is 18.1 Å². The van der Waals surface area contributed by atoms with Gasteiger partial charge >= 0.3 is 0 Å². The van der Waals surface area contributed by atoms with Crippen LogP contribution in [0.5, 0.6) is 0 Å². The summed E-state index contributed by atoms with van der Waals surface area (Å²) < 4.78 is 28.0. The van der Waals surface area contributed by atoms with Crippen LogP contribution in [0.1, 0.15) is 43.5 Å². The lowest BCUT2D eigenvalue weighted by molar-refractivity contribution is 0.412. The number of hydrogen-bond acceptors (Lipinski definition) is 3. The first-order valence-electron chi connectivity index (χ1n) is 9.15. The van der Waals surface area contributed by atoms with E-state index in [9.17, 15) is 8.42 Å². The molecule has 0 radical (unpaired) electrons. The Morgan fingerprint density at radius 2 is 1.73 bits per heavy atom. The molecule has 1 aliphatic rings. The van der Waals surface area contributed by atoms with Crippen molar-refractivity contribution in [3.05, 3.63) is 59.9 Å². The Balaban J connectivity index is 1.47. The van der Waals surface area contributed by atoms with Gasteiger partial charge in [0.1, 0.15) is 5.82 Å². The second kappa shape index (κ2) is 7.21. The number of aromatic nitrogens is 2. The molecule has 0 atom stereocenters. The third-order valence-electron chi connectivity index (χ3n) is 4.97. The molecule has 1 fully saturated rings. The van der Waals surface area contributed by atoms with Gasteiger partial charge in [-0.2, -0.15) is 0 Å². The van der Waals surface area contributed by atoms with E-state index < -0.39 is 10.0 Å². The van der Waals surface area contributed by atoms with Gasteiger partial charge in [0.25, 0.3) is 0 Å². The summed E-state index contributed by atoms with van der Waals surface area (Å²) in [4.78, 5) is 8.20. The highest BCUT2D eigenvalue weighted by Crippen LogP contribution is 2.21. The molecule has 0 aliphatic heterocycles. The zero-order valence-electron chi connectivity index (χ0n) is 14.6. The van der Waals surface area contributed by atoms with E-state index in [1.54, 1.807) is 12.1 Å². The first-order valence-corrected chi connectivity index (χ1v) is 10.6. The zero-order valence-corrected chi connectivity index (χ0v) is 15.4. The van der Waals surface area contributed by atoms with Crippen molar-refractivity contribution in [2.24, 2.45) is 0 Å². The van der Waals surface area contributed by atoms with Gasteiger partial charge < -0.3 is 4.98 Å². The number of aromatic amines is 1. The number of nitrogens with one attached hydrogen (secondary N) is 2. The molecule has 0 spiro atoms. The number of rotatable bonds is 5. The van der Waals surface area contributed by atoms with Gasteiger partial charge in [-0.15, -0.1) is 0 Å². The maximum Gasteiger partial charge on any atom is 0.240 e. The maximum atomic E-state index is 12.6. The summed E-state index contributed by atoms with van der Waals surface area (Å²) in [6, 6.07) is 15.1. The SMILES string of the molecule is O=S(=O)(NC1CCCCC1)c1ccc(Cc2nc3ccccc3[nH]2)cc1. The molecule has 1 saturated carbocycles. The minimum atomic E-state index is -3.44. The predicted molar refractivity (Wildman–Crippen MR) is 103 cm³/mol. The smallest absolute Gasteiger partial charge is 0.240 e. The highest BCUT2D eigenvalue weighted by Gasteiger charge is 2.21. The number of imidazole rings is 1. The Morgan fingerprint density at radius 3 is 2.46 bits per heavy atom. The molecule has 0 saturated heterocycles. The molecule has 2 aromatic carbocycles. The molecule has 1 heterocycles. The highest BCUT2D eigenvalue weighted by molar-refractivity contribution is 7.89. The molecular formula is C20H23N3O2S. The summed E-state index contributed by atoms with van der Waals surface area (Å²) in [7, 11) is -3.44. The molecule has 0 amide bonds. The van der Waals surface area contributed by atoms with E-state index in [1.165, 1.54) is 6.42 Å². The fraction of sp³-hybridized carbons (Fsp3) is 0.350. The second-order valence-corrected chi connectivity index (χ2v) is 8.69. The average Bonchev–Trinajstić information content (AvgIpc) is 3.05. The van der Waals surface area contributed by atoms with Crippen LogP contribution in [0.25, 0.3) is 11.0 Å². The first-order chi connectivity index (χ1) is 12.6. The summed E-state index contributed by atoms with van der Waals surface area (Å²) in [5, 5.41) is 0. The normalized spacial score (nSPS) is 16.2. The zero-order chi connectivity index (χ0) is 18.0. The molecule has 0 unspecified atom stereocenters. The fourth-order valence-corrected chi connectivity index (χ4v) is 4.88. The molecule has 6 heteroatoms. The summed E-state index contributed by atoms with van der Waals surface area (Å²) >= 11 is 0. The monoisotopic (exact) mass is 369 g/mol. The molecule has 26 heavy (non-hydrogen) atoms. The lowest BCUT2D eigenvalue weighted by Gasteiger charge is -2.22. The molecule has 2 N–H and O–H groups in total. The van der Waals surface area contributed by atoms with Crippen molar-refractivity contribution in [2.75, 3.05) is 0 Å². The van der Waals surface area contributed by atoms with Crippen LogP contribution in [-0.2, 0) is 16.4 Å². The third-order valence-corrected chi connectivity index (χ3v) is 6.51. The summed E-state index contributed by atoms with van der Waals surface area (Å²) in [5.41, 5.74) is 2.98. The average molecular weight is 369 g/mol. The Morgan fingerprint density at radius 1 is 1.00 bits per heavy atom. The van der Waals surface area contributed by atoms with Crippen molar-refractivity contribution in [2.45, 2.75) is 49.5 Å². The van der Waals surface area contributed by atoms with Crippen molar-refractivity contribution in [3.8, 4) is 0 Å². The van der Waals surface area contributed by atoms with Gasteiger partial charge in [0.05, 0.1) is 15.9 Å². The standard InChI is InChI=1S/C20H23N3O2S/c24-26(25,23-16-6-2-1-3-7-16)17-12-10-15(11-13-17)14-20-21-18-8-4-5-9-19(18)22-20/h4-5,8-13,16,23H,1-3,6-7,14H2,(H,21,22). The summed E-state index contributed by atoms with van der Waals surface area (Å²) in [6.45, 7) is 0. The molecule has 5 nitrogen and oxygen atoms in total. The van der Waals surface area contributed by atoms with Crippen LogP contribution < -0.4 is 4.72 Å². The largest absolute Gasteiger partial charge is 0.342 e. The number of nitrogens with zero attached hydrogens (tertiary/aromatic N) is 1. The quantitative estimate of drug-likeness (QED) is 0.719. The molecule has 136 valence electrons. The van der Waals surface area contributed by atoms with Crippen molar-refractivity contribution in [1.82, 2.24) is 14.7 Å². The summed E-state index contributed by atoms with van der Waals surface area (Å²) in [5.74, 6) is 0.877. The first kappa shape index (κ1) is 17.2. The maximum absolute atomic E-state index is 12.6. The molecular weight excluding hydrogens is 346 g/mol. The van der Waals surface area contributed by atoms with E-state index in [1.807, 2.05) is 36.4 Å². The molecule has 1 aliphatic carbocycles. The number of sulfonamides is 1.